The van der Waals surface area contributed by atoms with E-state index in [0.29, 0.717) is 6.04 Å². The molecule has 0 aromatic carbocycles. The van der Waals surface area contributed by atoms with Gasteiger partial charge in [0.1, 0.15) is 17.4 Å². The van der Waals surface area contributed by atoms with Gasteiger partial charge in [0.05, 0.1) is 5.69 Å². The molecule has 0 bridgehead atoms. The summed E-state index contributed by atoms with van der Waals surface area (Å²) in [6, 6.07) is 0.559. The van der Waals surface area contributed by atoms with Crippen molar-refractivity contribution >= 4 is 16.9 Å². The topological polar surface area (TPSA) is 55.6 Å². The normalized spacial score (nSPS) is 16.6. The van der Waals surface area contributed by atoms with Crippen molar-refractivity contribution in [3.8, 4) is 0 Å². The third-order valence-electron chi connectivity index (χ3n) is 3.69. The lowest BCUT2D eigenvalue weighted by molar-refractivity contribution is 0.673. The van der Waals surface area contributed by atoms with Crippen molar-refractivity contribution in [3.05, 3.63) is 12.0 Å². The number of anilines is 1. The fraction of sp³-hybridized carbons (Fsp3) is 0.615. The van der Waals surface area contributed by atoms with E-state index >= 15 is 0 Å². The first-order chi connectivity index (χ1) is 8.79. The molecule has 0 unspecified atom stereocenters. The summed E-state index contributed by atoms with van der Waals surface area (Å²) in [5.41, 5.74) is 2.99. The van der Waals surface area contributed by atoms with Crippen molar-refractivity contribution < 1.29 is 0 Å². The zero-order valence-electron chi connectivity index (χ0n) is 11.0. The number of fused-ring (bicyclic) bond motifs is 1. The van der Waals surface area contributed by atoms with Crippen LogP contribution >= 0.6 is 0 Å². The second-order valence-corrected chi connectivity index (χ2v) is 4.95. The Morgan fingerprint density at radius 3 is 2.83 bits per heavy atom. The zero-order valence-corrected chi connectivity index (χ0v) is 11.0. The van der Waals surface area contributed by atoms with E-state index in [0.717, 1.165) is 29.1 Å². The molecular weight excluding hydrogens is 226 g/mol. The number of hydrogen-bond donors (Lipinski definition) is 1. The van der Waals surface area contributed by atoms with Crippen LogP contribution in [0.1, 0.15) is 38.3 Å². The maximum absolute atomic E-state index is 4.52. The summed E-state index contributed by atoms with van der Waals surface area (Å²) < 4.78 is 1.99. The van der Waals surface area contributed by atoms with Crippen LogP contribution in [-0.2, 0) is 6.54 Å². The van der Waals surface area contributed by atoms with Crippen LogP contribution in [0.2, 0.25) is 0 Å². The molecule has 0 atom stereocenters. The fourth-order valence-electron chi connectivity index (χ4n) is 2.76. The van der Waals surface area contributed by atoms with E-state index in [1.807, 2.05) is 11.6 Å². The minimum Gasteiger partial charge on any atom is -0.365 e. The number of hydrogen-bond acceptors (Lipinski definition) is 4. The van der Waals surface area contributed by atoms with Crippen molar-refractivity contribution in [2.45, 2.75) is 52.1 Å². The van der Waals surface area contributed by atoms with Crippen LogP contribution in [-0.4, -0.2) is 25.8 Å². The molecule has 1 N–H and O–H groups in total. The summed E-state index contributed by atoms with van der Waals surface area (Å²) >= 11 is 0. The minimum atomic E-state index is 0.559. The summed E-state index contributed by atoms with van der Waals surface area (Å²) in [6.07, 6.45) is 6.75. The molecule has 0 saturated heterocycles. The Morgan fingerprint density at radius 2 is 2.11 bits per heavy atom. The Labute approximate surface area is 107 Å². The standard InChI is InChI=1S/C13H19N5/c1-3-18-12-11(9(2)17-18)14-8-15-13(12)16-10-6-4-5-7-10/h8,10H,3-7H2,1-2H3,(H,14,15,16). The Morgan fingerprint density at radius 1 is 1.33 bits per heavy atom. The first-order valence-electron chi connectivity index (χ1n) is 6.74. The van der Waals surface area contributed by atoms with Crippen molar-refractivity contribution in [1.82, 2.24) is 19.7 Å². The number of aryl methyl sites for hydroxylation is 2. The van der Waals surface area contributed by atoms with Crippen molar-refractivity contribution in [1.29, 1.82) is 0 Å². The lowest BCUT2D eigenvalue weighted by Crippen LogP contribution is -2.16. The van der Waals surface area contributed by atoms with E-state index in [9.17, 15) is 0 Å². The van der Waals surface area contributed by atoms with Gasteiger partial charge in [-0.2, -0.15) is 5.10 Å². The molecule has 2 aromatic heterocycles. The lowest BCUT2D eigenvalue weighted by atomic mass is 10.2. The molecule has 0 radical (unpaired) electrons. The predicted octanol–water partition coefficient (Wildman–Crippen LogP) is 2.51. The molecule has 5 nitrogen and oxygen atoms in total. The van der Waals surface area contributed by atoms with E-state index in [-0.39, 0.29) is 0 Å². The molecule has 0 aliphatic heterocycles. The summed E-state index contributed by atoms with van der Waals surface area (Å²) in [6.45, 7) is 4.94. The van der Waals surface area contributed by atoms with Crippen LogP contribution in [0.25, 0.3) is 11.0 Å². The van der Waals surface area contributed by atoms with Crippen LogP contribution in [0, 0.1) is 6.92 Å². The summed E-state index contributed by atoms with van der Waals surface area (Å²) in [7, 11) is 0. The van der Waals surface area contributed by atoms with Crippen molar-refractivity contribution in [3.63, 3.8) is 0 Å². The second-order valence-electron chi connectivity index (χ2n) is 4.95. The summed E-state index contributed by atoms with van der Waals surface area (Å²) in [5.74, 6) is 0.939. The molecule has 0 spiro atoms. The highest BCUT2D eigenvalue weighted by atomic mass is 15.3. The summed E-state index contributed by atoms with van der Waals surface area (Å²) in [5, 5.41) is 8.08. The van der Waals surface area contributed by atoms with Gasteiger partial charge in [0.15, 0.2) is 5.82 Å². The highest BCUT2D eigenvalue weighted by molar-refractivity contribution is 5.87. The SMILES string of the molecule is CCn1nc(C)c2ncnc(NC3CCCC3)c21. The van der Waals surface area contributed by atoms with E-state index in [1.165, 1.54) is 25.7 Å². The molecule has 1 fully saturated rings. The van der Waals surface area contributed by atoms with Gasteiger partial charge >= 0.3 is 0 Å². The van der Waals surface area contributed by atoms with Gasteiger partial charge in [-0.25, -0.2) is 9.97 Å². The highest BCUT2D eigenvalue weighted by Gasteiger charge is 2.19. The van der Waals surface area contributed by atoms with Gasteiger partial charge in [-0.3, -0.25) is 4.68 Å². The third-order valence-corrected chi connectivity index (χ3v) is 3.69. The average molecular weight is 245 g/mol. The fourth-order valence-corrected chi connectivity index (χ4v) is 2.76. The van der Waals surface area contributed by atoms with Crippen LogP contribution in [0.3, 0.4) is 0 Å². The maximum Gasteiger partial charge on any atom is 0.155 e. The first-order valence-corrected chi connectivity index (χ1v) is 6.74. The average Bonchev–Trinajstić information content (AvgIpc) is 2.99. The maximum atomic E-state index is 4.52. The van der Waals surface area contributed by atoms with Gasteiger partial charge in [-0.1, -0.05) is 12.8 Å². The molecule has 1 saturated carbocycles. The highest BCUT2D eigenvalue weighted by Crippen LogP contribution is 2.26. The van der Waals surface area contributed by atoms with E-state index in [2.05, 4.69) is 27.3 Å². The zero-order chi connectivity index (χ0) is 12.5. The number of nitrogens with zero attached hydrogens (tertiary/aromatic N) is 4. The van der Waals surface area contributed by atoms with Crippen LogP contribution in [0.4, 0.5) is 5.82 Å². The Balaban J connectivity index is 2.04. The van der Waals surface area contributed by atoms with E-state index in [1.54, 1.807) is 6.33 Å². The minimum absolute atomic E-state index is 0.559. The molecule has 2 heterocycles. The summed E-state index contributed by atoms with van der Waals surface area (Å²) in [4.78, 5) is 8.76. The first kappa shape index (κ1) is 11.4. The van der Waals surface area contributed by atoms with E-state index in [4.69, 9.17) is 0 Å². The molecule has 5 heteroatoms. The van der Waals surface area contributed by atoms with Gasteiger partial charge in [-0.05, 0) is 26.7 Å². The van der Waals surface area contributed by atoms with Gasteiger partial charge in [0.25, 0.3) is 0 Å². The van der Waals surface area contributed by atoms with Crippen molar-refractivity contribution in [2.24, 2.45) is 0 Å². The molecule has 2 aromatic rings. The molecule has 0 amide bonds. The van der Waals surface area contributed by atoms with Crippen molar-refractivity contribution in [2.75, 3.05) is 5.32 Å². The third kappa shape index (κ3) is 1.83. The van der Waals surface area contributed by atoms with Crippen LogP contribution < -0.4 is 5.32 Å². The van der Waals surface area contributed by atoms with E-state index < -0.39 is 0 Å². The molecule has 1 aliphatic carbocycles. The van der Waals surface area contributed by atoms with Gasteiger partial charge < -0.3 is 5.32 Å². The molecule has 1 aliphatic rings. The van der Waals surface area contributed by atoms with Gasteiger partial charge in [-0.15, -0.1) is 0 Å². The number of nitrogens with one attached hydrogen (secondary N) is 1. The number of aromatic nitrogens is 4. The van der Waals surface area contributed by atoms with Gasteiger partial charge in [0.2, 0.25) is 0 Å². The second kappa shape index (κ2) is 4.55. The molecule has 96 valence electrons. The Hall–Kier alpha value is -1.65. The molecule has 18 heavy (non-hydrogen) atoms. The van der Waals surface area contributed by atoms with Crippen LogP contribution in [0.15, 0.2) is 6.33 Å². The molecule has 3 rings (SSSR count). The Kier molecular flexibility index (Phi) is 2.89. The van der Waals surface area contributed by atoms with Gasteiger partial charge in [0, 0.05) is 12.6 Å². The van der Waals surface area contributed by atoms with Crippen LogP contribution in [0.5, 0.6) is 0 Å². The predicted molar refractivity (Wildman–Crippen MR) is 71.6 cm³/mol. The molecular formula is C13H19N5. The lowest BCUT2D eigenvalue weighted by Gasteiger charge is -2.13. The quantitative estimate of drug-likeness (QED) is 0.902. The monoisotopic (exact) mass is 245 g/mol. The largest absolute Gasteiger partial charge is 0.365 e. The smallest absolute Gasteiger partial charge is 0.155 e. The number of rotatable bonds is 3. The Bertz CT molecular complexity index is 554.